The Morgan fingerprint density at radius 3 is 2.80 bits per heavy atom. The number of esters is 1. The molecule has 2 unspecified atom stereocenters. The lowest BCUT2D eigenvalue weighted by molar-refractivity contribution is -0.142. The van der Waals surface area contributed by atoms with E-state index in [1.54, 1.807) is 0 Å². The number of hydrogen-bond donors (Lipinski definition) is 0. The van der Waals surface area contributed by atoms with Gasteiger partial charge in [-0.1, -0.05) is 12.2 Å². The molecule has 0 aromatic carbocycles. The Bertz CT molecular complexity index is 219. The minimum absolute atomic E-state index is 0.0568. The van der Waals surface area contributed by atoms with Gasteiger partial charge in [-0.3, -0.25) is 4.79 Å². The topological polar surface area (TPSA) is 26.3 Å². The maximum absolute atomic E-state index is 10.9. The molecule has 0 heterocycles. The molecule has 10 heavy (non-hydrogen) atoms. The first-order valence-corrected chi connectivity index (χ1v) is 3.47. The maximum Gasteiger partial charge on any atom is 0.309 e. The molecule has 0 amide bonds. The third kappa shape index (κ3) is 0.516. The van der Waals surface area contributed by atoms with Gasteiger partial charge in [0.2, 0.25) is 0 Å². The molecule has 0 aliphatic heterocycles. The second-order valence-corrected chi connectivity index (χ2v) is 3.22. The van der Waals surface area contributed by atoms with Gasteiger partial charge in [0.25, 0.3) is 0 Å². The molecular formula is C8H10O2. The fourth-order valence-corrected chi connectivity index (χ4v) is 1.68. The van der Waals surface area contributed by atoms with Gasteiger partial charge in [-0.05, 0) is 12.8 Å². The summed E-state index contributed by atoms with van der Waals surface area (Å²) >= 11 is 0. The molecule has 0 aromatic heterocycles. The van der Waals surface area contributed by atoms with Gasteiger partial charge in [-0.2, -0.15) is 0 Å². The summed E-state index contributed by atoms with van der Waals surface area (Å²) < 4.78 is 4.62. The maximum atomic E-state index is 10.9. The molecule has 2 heteroatoms. The van der Waals surface area contributed by atoms with Gasteiger partial charge in [0, 0.05) is 5.41 Å². The molecular weight excluding hydrogens is 128 g/mol. The van der Waals surface area contributed by atoms with E-state index in [4.69, 9.17) is 0 Å². The Hall–Kier alpha value is -0.790. The van der Waals surface area contributed by atoms with E-state index >= 15 is 0 Å². The van der Waals surface area contributed by atoms with Gasteiger partial charge >= 0.3 is 5.97 Å². The van der Waals surface area contributed by atoms with Crippen LogP contribution in [0.3, 0.4) is 0 Å². The molecule has 0 aromatic rings. The van der Waals surface area contributed by atoms with Crippen LogP contribution < -0.4 is 0 Å². The van der Waals surface area contributed by atoms with E-state index in [9.17, 15) is 4.79 Å². The van der Waals surface area contributed by atoms with Crippen LogP contribution in [0, 0.1) is 11.3 Å². The normalized spacial score (nSPS) is 41.7. The smallest absolute Gasteiger partial charge is 0.309 e. The zero-order valence-corrected chi connectivity index (χ0v) is 6.02. The highest BCUT2D eigenvalue weighted by Crippen LogP contribution is 2.73. The van der Waals surface area contributed by atoms with Crippen molar-refractivity contribution in [2.45, 2.75) is 12.8 Å². The summed E-state index contributed by atoms with van der Waals surface area (Å²) in [6.07, 6.45) is 2.03. The molecule has 2 aliphatic carbocycles. The largest absolute Gasteiger partial charge is 0.469 e. The summed E-state index contributed by atoms with van der Waals surface area (Å²) in [5.74, 6) is 0.101. The van der Waals surface area contributed by atoms with Crippen LogP contribution in [0.25, 0.3) is 0 Å². The quantitative estimate of drug-likeness (QED) is 0.401. The number of rotatable bonds is 1. The second-order valence-electron chi connectivity index (χ2n) is 3.22. The van der Waals surface area contributed by atoms with Crippen LogP contribution in [0.15, 0.2) is 12.2 Å². The number of carbonyl (C=O) groups is 1. The van der Waals surface area contributed by atoms with E-state index in [1.807, 2.05) is 0 Å². The van der Waals surface area contributed by atoms with Crippen LogP contribution in [-0.4, -0.2) is 13.1 Å². The average Bonchev–Trinajstić information content (AvgIpc) is 2.76. The molecule has 0 N–H and O–H groups in total. The third-order valence-electron chi connectivity index (χ3n) is 2.67. The monoisotopic (exact) mass is 138 g/mol. The van der Waals surface area contributed by atoms with Crippen LogP contribution in [-0.2, 0) is 9.53 Å². The Balaban J connectivity index is 2.03. The van der Waals surface area contributed by atoms with Gasteiger partial charge in [-0.15, -0.1) is 0 Å². The van der Waals surface area contributed by atoms with Crippen molar-refractivity contribution >= 4 is 5.97 Å². The molecule has 1 spiro atoms. The fourth-order valence-electron chi connectivity index (χ4n) is 1.68. The number of allylic oxidation sites excluding steroid dienone is 1. The molecule has 0 bridgehead atoms. The summed E-state index contributed by atoms with van der Waals surface area (Å²) in [6.45, 7) is 3.84. The molecule has 0 radical (unpaired) electrons. The van der Waals surface area contributed by atoms with E-state index in [0.717, 1.165) is 12.8 Å². The van der Waals surface area contributed by atoms with Crippen molar-refractivity contribution < 1.29 is 9.53 Å². The highest BCUT2D eigenvalue weighted by atomic mass is 16.5. The minimum Gasteiger partial charge on any atom is -0.469 e. The lowest BCUT2D eigenvalue weighted by Crippen LogP contribution is -2.04. The zero-order valence-electron chi connectivity index (χ0n) is 6.02. The Morgan fingerprint density at radius 2 is 2.50 bits per heavy atom. The number of methoxy groups -OCH3 is 1. The SMILES string of the molecule is C=C1CC12CC2C(=O)OC. The van der Waals surface area contributed by atoms with Crippen molar-refractivity contribution in [1.29, 1.82) is 0 Å². The lowest BCUT2D eigenvalue weighted by atomic mass is 10.3. The van der Waals surface area contributed by atoms with Gasteiger partial charge in [0.05, 0.1) is 13.0 Å². The first-order valence-electron chi connectivity index (χ1n) is 3.47. The Kier molecular flexibility index (Phi) is 0.858. The molecule has 2 saturated carbocycles. The van der Waals surface area contributed by atoms with Crippen molar-refractivity contribution in [3.05, 3.63) is 12.2 Å². The molecule has 2 nitrogen and oxygen atoms in total. The van der Waals surface area contributed by atoms with Crippen LogP contribution in [0.5, 0.6) is 0 Å². The molecule has 0 saturated heterocycles. The Morgan fingerprint density at radius 1 is 1.90 bits per heavy atom. The minimum atomic E-state index is -0.0568. The predicted octanol–water partition coefficient (Wildman–Crippen LogP) is 1.13. The van der Waals surface area contributed by atoms with Crippen molar-refractivity contribution in [3.8, 4) is 0 Å². The summed E-state index contributed by atoms with van der Waals surface area (Å²) in [4.78, 5) is 10.9. The van der Waals surface area contributed by atoms with Gasteiger partial charge in [0.1, 0.15) is 0 Å². The summed E-state index contributed by atoms with van der Waals surface area (Å²) in [5, 5.41) is 0. The van der Waals surface area contributed by atoms with E-state index in [-0.39, 0.29) is 17.3 Å². The summed E-state index contributed by atoms with van der Waals surface area (Å²) in [7, 11) is 1.44. The number of ether oxygens (including phenoxy) is 1. The predicted molar refractivity (Wildman–Crippen MR) is 36.3 cm³/mol. The summed E-state index contributed by atoms with van der Waals surface area (Å²) in [5.41, 5.74) is 1.47. The lowest BCUT2D eigenvalue weighted by Gasteiger charge is -1.92. The van der Waals surface area contributed by atoms with Crippen LogP contribution in [0.4, 0.5) is 0 Å². The zero-order chi connectivity index (χ0) is 7.35. The fraction of sp³-hybridized carbons (Fsp3) is 0.625. The second kappa shape index (κ2) is 1.44. The van der Waals surface area contributed by atoms with Crippen LogP contribution >= 0.6 is 0 Å². The van der Waals surface area contributed by atoms with Gasteiger partial charge in [-0.25, -0.2) is 0 Å². The Labute approximate surface area is 59.9 Å². The molecule has 2 atom stereocenters. The van der Waals surface area contributed by atoms with E-state index in [0.29, 0.717) is 0 Å². The first kappa shape index (κ1) is 5.96. The molecule has 2 fully saturated rings. The van der Waals surface area contributed by atoms with Crippen molar-refractivity contribution in [2.24, 2.45) is 11.3 Å². The van der Waals surface area contributed by atoms with Gasteiger partial charge < -0.3 is 4.74 Å². The molecule has 2 aliphatic rings. The standard InChI is InChI=1S/C8H10O2/c1-5-3-8(5)4-6(8)7(9)10-2/h6H,1,3-4H2,2H3. The highest BCUT2D eigenvalue weighted by Gasteiger charge is 2.69. The molecule has 54 valence electrons. The first-order chi connectivity index (χ1) is 4.70. The van der Waals surface area contributed by atoms with Crippen molar-refractivity contribution in [1.82, 2.24) is 0 Å². The van der Waals surface area contributed by atoms with Crippen LogP contribution in [0.1, 0.15) is 12.8 Å². The number of carbonyl (C=O) groups excluding carboxylic acids is 1. The molecule has 2 rings (SSSR count). The average molecular weight is 138 g/mol. The third-order valence-corrected chi connectivity index (χ3v) is 2.67. The summed E-state index contributed by atoms with van der Waals surface area (Å²) in [6, 6.07) is 0. The van der Waals surface area contributed by atoms with Crippen LogP contribution in [0.2, 0.25) is 0 Å². The van der Waals surface area contributed by atoms with E-state index < -0.39 is 0 Å². The van der Waals surface area contributed by atoms with E-state index in [1.165, 1.54) is 12.7 Å². The van der Waals surface area contributed by atoms with Crippen molar-refractivity contribution in [2.75, 3.05) is 7.11 Å². The van der Waals surface area contributed by atoms with Gasteiger partial charge in [0.15, 0.2) is 0 Å². The van der Waals surface area contributed by atoms with E-state index in [2.05, 4.69) is 11.3 Å². The number of hydrogen-bond acceptors (Lipinski definition) is 2. The highest BCUT2D eigenvalue weighted by molar-refractivity contribution is 5.80. The van der Waals surface area contributed by atoms with Crippen molar-refractivity contribution in [3.63, 3.8) is 0 Å².